The van der Waals surface area contributed by atoms with Crippen LogP contribution in [0.4, 0.5) is 52.7 Å². The lowest BCUT2D eigenvalue weighted by Crippen LogP contribution is -2.58. The Bertz CT molecular complexity index is 2100. The maximum Gasteiger partial charge on any atom is 0.426 e. The Morgan fingerprint density at radius 1 is 0.529 bits per heavy atom. The third kappa shape index (κ3) is 9.51. The highest BCUT2D eigenvalue weighted by Gasteiger charge is 2.72. The number of hydrogen-bond donors (Lipinski definition) is 3. The van der Waals surface area contributed by atoms with Crippen LogP contribution < -0.4 is 0 Å². The summed E-state index contributed by atoms with van der Waals surface area (Å²) in [5.41, 5.74) is -16.0. The van der Waals surface area contributed by atoms with Gasteiger partial charge < -0.3 is 29.2 Å². The third-order valence-corrected chi connectivity index (χ3v) is 16.0. The lowest BCUT2D eigenvalue weighted by Gasteiger charge is -2.60. The van der Waals surface area contributed by atoms with Crippen LogP contribution in [-0.2, 0) is 38.7 Å². The molecule has 8 saturated carbocycles. The number of ether oxygens (including phenoxy) is 4. The molecule has 0 spiro atoms. The normalized spacial score (nSPS) is 31.4. The number of rotatable bonds is 15. The van der Waals surface area contributed by atoms with E-state index in [-0.39, 0.29) is 62.2 Å². The van der Waals surface area contributed by atoms with Crippen LogP contribution >= 0.6 is 0 Å². The van der Waals surface area contributed by atoms with Gasteiger partial charge >= 0.3 is 48.6 Å². The van der Waals surface area contributed by atoms with E-state index < -0.39 is 147 Å². The first-order valence-electron chi connectivity index (χ1n) is 21.5. The van der Waals surface area contributed by atoms with Crippen molar-refractivity contribution in [1.82, 2.24) is 0 Å². The molecule has 1 aromatic carbocycles. The first kappa shape index (κ1) is 51.9. The quantitative estimate of drug-likeness (QED) is 0.0662. The van der Waals surface area contributed by atoms with E-state index in [1.807, 2.05) is 0 Å². The van der Waals surface area contributed by atoms with Crippen molar-refractivity contribution in [3.05, 3.63) is 29.3 Å². The molecule has 0 amide bonds. The summed E-state index contributed by atoms with van der Waals surface area (Å²) in [4.78, 5) is 53.1. The van der Waals surface area contributed by atoms with E-state index in [2.05, 4.69) is 0 Å². The molecule has 26 heteroatoms. The SMILES string of the molecule is O=C(OCC12CC3CC(C1)CC(C(=O)OCCC(O)(C(F)(F)F)C(F)(F)F)(C3)C2)c1cc(C(=O)OCC23CC4C[C@@H](C2)CC(C(=O)OCCC(O)(C(F)(F)F)C(F)(F)F)(C4)C3)cc(S(=O)(=O)O)c1. The Morgan fingerprint density at radius 3 is 1.12 bits per heavy atom. The number of esters is 4. The molecule has 68 heavy (non-hydrogen) atoms. The molecule has 382 valence electrons. The Balaban J connectivity index is 1.01. The van der Waals surface area contributed by atoms with Crippen molar-refractivity contribution < 1.29 is 114 Å². The second kappa shape index (κ2) is 16.9. The van der Waals surface area contributed by atoms with Gasteiger partial charge in [-0.15, -0.1) is 0 Å². The first-order valence-corrected chi connectivity index (χ1v) is 23.0. The third-order valence-electron chi connectivity index (χ3n) is 15.2. The van der Waals surface area contributed by atoms with Crippen LogP contribution in [0.2, 0.25) is 0 Å². The molecule has 0 aromatic heterocycles. The van der Waals surface area contributed by atoms with Gasteiger partial charge in [0.2, 0.25) is 0 Å². The molecule has 6 atom stereocenters. The van der Waals surface area contributed by atoms with Crippen molar-refractivity contribution in [2.24, 2.45) is 45.3 Å². The summed E-state index contributed by atoms with van der Waals surface area (Å²) in [7, 11) is -5.12. The smallest absolute Gasteiger partial charge is 0.426 e. The summed E-state index contributed by atoms with van der Waals surface area (Å²) in [5.74, 6) is -5.33. The van der Waals surface area contributed by atoms with Crippen molar-refractivity contribution in [3.63, 3.8) is 0 Å². The number of benzene rings is 1. The van der Waals surface area contributed by atoms with Crippen molar-refractivity contribution in [1.29, 1.82) is 0 Å². The molecule has 9 rings (SSSR count). The molecule has 8 aliphatic rings. The lowest BCUT2D eigenvalue weighted by atomic mass is 9.44. The first-order chi connectivity index (χ1) is 31.0. The van der Waals surface area contributed by atoms with Gasteiger partial charge in [-0.2, -0.15) is 61.1 Å². The minimum Gasteiger partial charge on any atom is -0.465 e. The standard InChI is InChI=1S/C42H46F12O13S/c43-39(44,45)37(59,40(46,47)48)1-3-64-31(57)35-14-22-5-23(15-35)11-33(10-22,18-35)20-66-29(55)26-7-27(9-28(8-26)68(61,62)63)30(56)67-21-34-12-24-6-25(13-34)17-36(16-24,19-34)32(58)65-4-2-38(60,41(49,50)51)42(52,53)54/h7-9,22-25,59-60H,1-6,10-21H2,(H,61,62,63)/t22-,23?,24?,25?,33?,34?,35?,36?/m0/s1. The molecule has 0 radical (unpaired) electrons. The van der Waals surface area contributed by atoms with Gasteiger partial charge in [-0.1, -0.05) is 0 Å². The largest absolute Gasteiger partial charge is 0.465 e. The Morgan fingerprint density at radius 2 is 0.838 bits per heavy atom. The van der Waals surface area contributed by atoms with Crippen LogP contribution in [-0.4, -0.2) is 109 Å². The number of carbonyl (C=O) groups excluding carboxylic acids is 4. The second-order valence-electron chi connectivity index (χ2n) is 20.3. The van der Waals surface area contributed by atoms with Gasteiger partial charge in [0.15, 0.2) is 0 Å². The van der Waals surface area contributed by atoms with Crippen LogP contribution in [0.3, 0.4) is 0 Å². The molecule has 3 N–H and O–H groups in total. The topological polar surface area (TPSA) is 200 Å². The van der Waals surface area contributed by atoms with Gasteiger partial charge in [0.05, 0.1) is 53.3 Å². The van der Waals surface area contributed by atoms with Crippen LogP contribution in [0.5, 0.6) is 0 Å². The van der Waals surface area contributed by atoms with E-state index >= 15 is 0 Å². The van der Waals surface area contributed by atoms with Gasteiger partial charge in [0.25, 0.3) is 21.3 Å². The number of carbonyl (C=O) groups is 4. The predicted molar refractivity (Wildman–Crippen MR) is 201 cm³/mol. The van der Waals surface area contributed by atoms with E-state index in [0.717, 1.165) is 6.07 Å². The van der Waals surface area contributed by atoms with E-state index in [0.29, 0.717) is 50.7 Å². The van der Waals surface area contributed by atoms with E-state index in [9.17, 15) is 95.0 Å². The molecular formula is C42H46F12O13S. The summed E-state index contributed by atoms with van der Waals surface area (Å²) in [5, 5.41) is 19.0. The van der Waals surface area contributed by atoms with Crippen LogP contribution in [0.15, 0.2) is 23.1 Å². The highest BCUT2D eigenvalue weighted by atomic mass is 32.2. The predicted octanol–water partition coefficient (Wildman–Crippen LogP) is 8.00. The zero-order chi connectivity index (χ0) is 50.5. The highest BCUT2D eigenvalue weighted by molar-refractivity contribution is 7.85. The van der Waals surface area contributed by atoms with Crippen molar-refractivity contribution in [2.75, 3.05) is 26.4 Å². The maximum absolute atomic E-state index is 13.6. The van der Waals surface area contributed by atoms with Crippen LogP contribution in [0.1, 0.15) is 111 Å². The average Bonchev–Trinajstić information content (AvgIpc) is 3.18. The zero-order valence-electron chi connectivity index (χ0n) is 35.6. The number of hydrogen-bond acceptors (Lipinski definition) is 12. The molecule has 8 aliphatic carbocycles. The van der Waals surface area contributed by atoms with Crippen molar-refractivity contribution in [3.8, 4) is 0 Å². The molecule has 0 heterocycles. The highest BCUT2D eigenvalue weighted by Crippen LogP contribution is 2.67. The fourth-order valence-corrected chi connectivity index (χ4v) is 13.6. The molecule has 13 nitrogen and oxygen atoms in total. The molecular weight excluding hydrogens is 972 g/mol. The minimum absolute atomic E-state index is 0.0491. The van der Waals surface area contributed by atoms with Gasteiger partial charge in [-0.3, -0.25) is 14.1 Å². The molecule has 1 aromatic rings. The van der Waals surface area contributed by atoms with Gasteiger partial charge in [-0.05, 0) is 119 Å². The van der Waals surface area contributed by atoms with Crippen LogP contribution in [0.25, 0.3) is 0 Å². The van der Waals surface area contributed by atoms with Crippen molar-refractivity contribution in [2.45, 2.75) is 131 Å². The van der Waals surface area contributed by atoms with E-state index in [1.165, 1.54) is 0 Å². The Labute approximate surface area is 379 Å². The van der Waals surface area contributed by atoms with E-state index in [1.54, 1.807) is 0 Å². The minimum atomic E-state index is -6.13. The van der Waals surface area contributed by atoms with Crippen LogP contribution in [0, 0.1) is 45.3 Å². The maximum atomic E-state index is 13.6. The molecule has 8 bridgehead atoms. The fraction of sp³-hybridized carbons (Fsp3) is 0.762. The average molecular weight is 1020 g/mol. The lowest BCUT2D eigenvalue weighted by molar-refractivity contribution is -0.371. The van der Waals surface area contributed by atoms with Gasteiger partial charge in [0, 0.05) is 23.7 Å². The number of halogens is 12. The summed E-state index contributed by atoms with van der Waals surface area (Å²) < 4.78 is 214. The Hall–Kier alpha value is -3.91. The van der Waals surface area contributed by atoms with Gasteiger partial charge in [-0.25, -0.2) is 9.59 Å². The van der Waals surface area contributed by atoms with Gasteiger partial charge in [0.1, 0.15) is 0 Å². The fourth-order valence-electron chi connectivity index (χ4n) is 13.1. The Kier molecular flexibility index (Phi) is 12.9. The molecule has 0 aliphatic heterocycles. The number of aliphatic hydroxyl groups is 2. The number of alkyl halides is 12. The molecule has 0 saturated heterocycles. The summed E-state index contributed by atoms with van der Waals surface area (Å²) >= 11 is 0. The molecule has 5 unspecified atom stereocenters. The summed E-state index contributed by atoms with van der Waals surface area (Å²) in [6.07, 6.45) is -25.1. The summed E-state index contributed by atoms with van der Waals surface area (Å²) in [6.45, 7) is -3.65. The monoisotopic (exact) mass is 1020 g/mol. The second-order valence-corrected chi connectivity index (χ2v) is 21.8. The zero-order valence-corrected chi connectivity index (χ0v) is 36.5. The van der Waals surface area contributed by atoms with E-state index in [4.69, 9.17) is 18.9 Å². The molecule has 8 fully saturated rings. The summed E-state index contributed by atoms with van der Waals surface area (Å²) in [6, 6.07) is 2.31. The van der Waals surface area contributed by atoms with Crippen molar-refractivity contribution >= 4 is 34.0 Å².